The van der Waals surface area contributed by atoms with Crippen molar-refractivity contribution in [3.63, 3.8) is 0 Å². The van der Waals surface area contributed by atoms with Crippen molar-refractivity contribution in [2.45, 2.75) is 147 Å². The van der Waals surface area contributed by atoms with E-state index in [1.807, 2.05) is 0 Å². The van der Waals surface area contributed by atoms with Crippen molar-refractivity contribution in [3.05, 3.63) is 55.4 Å². The van der Waals surface area contributed by atoms with Crippen molar-refractivity contribution in [1.29, 1.82) is 0 Å². The number of hydrogen-bond donors (Lipinski definition) is 6. The number of aromatic nitrogens is 4. The number of halogens is 2. The standard InChI is InChI=1S/C34H54F2N5O11P/c1-2-3-4-5-6-7-8-9-10-11-12-13-14-15-16-37-31-23(35)19-40(33(45)38-31)28-18-25(43)30(51-28)29(52-53(47,48)49)22-17-27(50-26(22)21-42)41-20-24(36)32(44)39-34(41)46/h19-20,22,25-30,42-43H,2-18,21H2,1H3,(H,37,38,45)(H,39,44,46)(H2,47,48,49). The van der Waals surface area contributed by atoms with Crippen LogP contribution >= 0.6 is 7.82 Å². The molecule has 4 heterocycles. The number of anilines is 1. The summed E-state index contributed by atoms with van der Waals surface area (Å²) in [6.07, 6.45) is 8.94. The molecule has 0 radical (unpaired) electrons. The van der Waals surface area contributed by atoms with Crippen molar-refractivity contribution in [2.75, 3.05) is 18.5 Å². The minimum absolute atomic E-state index is 0.243. The van der Waals surface area contributed by atoms with Crippen LogP contribution in [0.2, 0.25) is 0 Å². The average molecular weight is 778 g/mol. The molecule has 2 saturated heterocycles. The third kappa shape index (κ3) is 12.6. The van der Waals surface area contributed by atoms with Gasteiger partial charge in [0.2, 0.25) is 5.82 Å². The molecule has 4 rings (SSSR count). The monoisotopic (exact) mass is 777 g/mol. The molecular formula is C34H54F2N5O11P. The lowest BCUT2D eigenvalue weighted by atomic mass is 9.89. The van der Waals surface area contributed by atoms with E-state index in [0.717, 1.165) is 36.4 Å². The van der Waals surface area contributed by atoms with Crippen molar-refractivity contribution in [1.82, 2.24) is 19.1 Å². The summed E-state index contributed by atoms with van der Waals surface area (Å²) in [5, 5.41) is 23.9. The zero-order chi connectivity index (χ0) is 38.5. The van der Waals surface area contributed by atoms with Gasteiger partial charge in [0.1, 0.15) is 24.7 Å². The first-order valence-electron chi connectivity index (χ1n) is 18.7. The minimum Gasteiger partial charge on any atom is -0.394 e. The zero-order valence-corrected chi connectivity index (χ0v) is 31.0. The number of rotatable bonds is 23. The molecule has 2 aromatic heterocycles. The van der Waals surface area contributed by atoms with E-state index in [1.165, 1.54) is 64.2 Å². The van der Waals surface area contributed by atoms with Gasteiger partial charge in [-0.3, -0.25) is 23.4 Å². The Morgan fingerprint density at radius 3 is 2.06 bits per heavy atom. The second-order valence-corrected chi connectivity index (χ2v) is 15.1. The number of aliphatic hydroxyl groups excluding tert-OH is 2. The normalized spacial score (nSPS) is 23.8. The summed E-state index contributed by atoms with van der Waals surface area (Å²) in [6.45, 7) is 1.88. The maximum absolute atomic E-state index is 15.1. The number of nitrogens with one attached hydrogen (secondary N) is 2. The Balaban J connectivity index is 1.30. The average Bonchev–Trinajstić information content (AvgIpc) is 3.71. The lowest BCUT2D eigenvalue weighted by Crippen LogP contribution is -2.45. The molecular weight excluding hydrogens is 723 g/mol. The molecule has 2 aliphatic heterocycles. The summed E-state index contributed by atoms with van der Waals surface area (Å²) in [5.41, 5.74) is -3.22. The molecule has 19 heteroatoms. The molecule has 16 nitrogen and oxygen atoms in total. The number of H-pyrrole nitrogens is 1. The van der Waals surface area contributed by atoms with Gasteiger partial charge in [-0.05, 0) is 6.42 Å². The topological polar surface area (TPSA) is 227 Å². The Morgan fingerprint density at radius 2 is 1.47 bits per heavy atom. The van der Waals surface area contributed by atoms with E-state index in [9.17, 15) is 43.3 Å². The summed E-state index contributed by atoms with van der Waals surface area (Å²) in [6, 6.07) is 0. The maximum atomic E-state index is 15.1. The van der Waals surface area contributed by atoms with Crippen LogP contribution in [0.1, 0.15) is 122 Å². The Bertz CT molecular complexity index is 1670. The van der Waals surface area contributed by atoms with Crippen LogP contribution in [0.5, 0.6) is 0 Å². The van der Waals surface area contributed by atoms with Gasteiger partial charge in [-0.15, -0.1) is 0 Å². The number of aliphatic hydroxyl groups is 2. The molecule has 0 amide bonds. The summed E-state index contributed by atoms with van der Waals surface area (Å²) < 4.78 is 59.2. The number of phosphoric acid groups is 1. The maximum Gasteiger partial charge on any atom is 0.469 e. The van der Waals surface area contributed by atoms with Gasteiger partial charge in [-0.2, -0.15) is 9.37 Å². The molecule has 0 spiro atoms. The van der Waals surface area contributed by atoms with E-state index >= 15 is 4.39 Å². The van der Waals surface area contributed by atoms with Crippen molar-refractivity contribution >= 4 is 13.6 Å². The summed E-state index contributed by atoms with van der Waals surface area (Å²) >= 11 is 0. The largest absolute Gasteiger partial charge is 0.469 e. The lowest BCUT2D eigenvalue weighted by Gasteiger charge is -2.32. The van der Waals surface area contributed by atoms with Gasteiger partial charge in [0.05, 0.1) is 31.2 Å². The third-order valence-electron chi connectivity index (χ3n) is 9.88. The van der Waals surface area contributed by atoms with Gasteiger partial charge in [0.15, 0.2) is 11.6 Å². The van der Waals surface area contributed by atoms with Crippen molar-refractivity contribution < 1.29 is 47.3 Å². The van der Waals surface area contributed by atoms with Gasteiger partial charge in [-0.25, -0.2) is 18.5 Å². The van der Waals surface area contributed by atoms with Gasteiger partial charge >= 0.3 is 19.2 Å². The molecule has 0 aromatic carbocycles. The van der Waals surface area contributed by atoms with Gasteiger partial charge in [0, 0.05) is 25.3 Å². The van der Waals surface area contributed by atoms with E-state index in [1.54, 1.807) is 4.98 Å². The van der Waals surface area contributed by atoms with Crippen LogP contribution in [0.15, 0.2) is 26.8 Å². The molecule has 7 atom stereocenters. The van der Waals surface area contributed by atoms with Gasteiger partial charge in [0.25, 0.3) is 5.56 Å². The molecule has 2 fully saturated rings. The first-order valence-corrected chi connectivity index (χ1v) is 20.2. The molecule has 7 unspecified atom stereocenters. The SMILES string of the molecule is CCCCCCCCCCCCCCCCNc1nc(=O)n(C2CC(O)C(C(OP(=O)(O)O)C3CC(n4cc(F)c(=O)[nH]c4=O)OC3CO)O2)cc1F. The number of hydrogen-bond acceptors (Lipinski definition) is 11. The first-order chi connectivity index (χ1) is 25.3. The van der Waals surface area contributed by atoms with Crippen LogP contribution in [0.4, 0.5) is 14.6 Å². The molecule has 0 saturated carbocycles. The van der Waals surface area contributed by atoms with E-state index in [2.05, 4.69) is 17.2 Å². The van der Waals surface area contributed by atoms with Crippen molar-refractivity contribution in [2.24, 2.45) is 5.92 Å². The fourth-order valence-corrected chi connectivity index (χ4v) is 7.70. The molecule has 6 N–H and O–H groups in total. The van der Waals surface area contributed by atoms with Gasteiger partial charge < -0.3 is 34.8 Å². The Kier molecular flexibility index (Phi) is 16.8. The fraction of sp³-hybridized carbons (Fsp3) is 0.765. The van der Waals surface area contributed by atoms with Crippen LogP contribution in [-0.4, -0.2) is 76.7 Å². The predicted molar refractivity (Wildman–Crippen MR) is 189 cm³/mol. The second kappa shape index (κ2) is 20.7. The van der Waals surface area contributed by atoms with Crippen LogP contribution in [0.3, 0.4) is 0 Å². The van der Waals surface area contributed by atoms with E-state index in [0.29, 0.717) is 17.3 Å². The Hall–Kier alpha value is -2.83. The Morgan fingerprint density at radius 1 is 0.906 bits per heavy atom. The molecule has 0 bridgehead atoms. The fourth-order valence-electron chi connectivity index (χ4n) is 7.11. The van der Waals surface area contributed by atoms with E-state index < -0.39 is 85.8 Å². The smallest absolute Gasteiger partial charge is 0.394 e. The number of nitrogens with zero attached hydrogens (tertiary/aromatic N) is 3. The number of ether oxygens (including phenoxy) is 2. The summed E-state index contributed by atoms with van der Waals surface area (Å²) in [5.74, 6) is -3.58. The molecule has 53 heavy (non-hydrogen) atoms. The van der Waals surface area contributed by atoms with Crippen LogP contribution in [-0.2, 0) is 18.6 Å². The van der Waals surface area contributed by atoms with Crippen LogP contribution < -0.4 is 22.3 Å². The third-order valence-corrected chi connectivity index (χ3v) is 10.4. The van der Waals surface area contributed by atoms with Crippen LogP contribution in [0, 0.1) is 17.6 Å². The molecule has 0 aliphatic carbocycles. The molecule has 2 aromatic rings. The highest BCUT2D eigenvalue weighted by Gasteiger charge is 2.51. The predicted octanol–water partition coefficient (Wildman–Crippen LogP) is 3.99. The lowest BCUT2D eigenvalue weighted by molar-refractivity contribution is -0.112. The van der Waals surface area contributed by atoms with Crippen molar-refractivity contribution in [3.8, 4) is 0 Å². The minimum atomic E-state index is -5.31. The highest BCUT2D eigenvalue weighted by Crippen LogP contribution is 2.48. The van der Waals surface area contributed by atoms with Gasteiger partial charge in [-0.1, -0.05) is 90.4 Å². The molecule has 2 aliphatic rings. The number of unbranched alkanes of at least 4 members (excludes halogenated alkanes) is 13. The Labute approximate surface area is 306 Å². The zero-order valence-electron chi connectivity index (χ0n) is 30.1. The van der Waals surface area contributed by atoms with E-state index in [-0.39, 0.29) is 18.7 Å². The molecule has 300 valence electrons. The highest BCUT2D eigenvalue weighted by molar-refractivity contribution is 7.46. The van der Waals surface area contributed by atoms with E-state index in [4.69, 9.17) is 14.0 Å². The first kappa shape index (κ1) is 42.9. The quantitative estimate of drug-likeness (QED) is 0.0694. The summed E-state index contributed by atoms with van der Waals surface area (Å²) in [4.78, 5) is 61.9. The number of phosphoric ester groups is 1. The number of aromatic amines is 1. The highest BCUT2D eigenvalue weighted by atomic mass is 31.2. The second-order valence-electron chi connectivity index (χ2n) is 13.9. The van der Waals surface area contributed by atoms with Crippen LogP contribution in [0.25, 0.3) is 0 Å². The summed E-state index contributed by atoms with van der Waals surface area (Å²) in [7, 11) is -5.31.